The lowest BCUT2D eigenvalue weighted by atomic mass is 9.93. The highest BCUT2D eigenvalue weighted by Crippen LogP contribution is 2.34. The average molecular weight is 276 g/mol. The van der Waals surface area contributed by atoms with Crippen molar-refractivity contribution in [2.24, 2.45) is 5.92 Å². The van der Waals surface area contributed by atoms with Gasteiger partial charge in [0.1, 0.15) is 0 Å². The van der Waals surface area contributed by atoms with E-state index in [0.29, 0.717) is 6.04 Å². The Kier molecular flexibility index (Phi) is 3.38. The van der Waals surface area contributed by atoms with Crippen molar-refractivity contribution in [3.8, 4) is 0 Å². The second-order valence-corrected chi connectivity index (χ2v) is 7.53. The number of thiophene rings is 1. The molecule has 1 saturated carbocycles. The Morgan fingerprint density at radius 2 is 2.21 bits per heavy atom. The fourth-order valence-corrected chi connectivity index (χ4v) is 4.80. The SMILES string of the molecule is c1cc2c(s1)CCCC2NCC1CCN(C2CC2)C1. The zero-order valence-corrected chi connectivity index (χ0v) is 12.4. The van der Waals surface area contributed by atoms with Gasteiger partial charge in [-0.15, -0.1) is 11.3 Å². The van der Waals surface area contributed by atoms with E-state index in [9.17, 15) is 0 Å². The molecule has 0 spiro atoms. The van der Waals surface area contributed by atoms with E-state index in [2.05, 4.69) is 21.7 Å². The van der Waals surface area contributed by atoms with Crippen LogP contribution in [0.2, 0.25) is 0 Å². The summed E-state index contributed by atoms with van der Waals surface area (Å²) < 4.78 is 0. The summed E-state index contributed by atoms with van der Waals surface area (Å²) in [5.74, 6) is 0.893. The highest BCUT2D eigenvalue weighted by Gasteiger charge is 2.34. The van der Waals surface area contributed by atoms with Gasteiger partial charge >= 0.3 is 0 Å². The second kappa shape index (κ2) is 5.19. The van der Waals surface area contributed by atoms with E-state index in [1.165, 1.54) is 58.2 Å². The molecule has 1 aromatic heterocycles. The smallest absolute Gasteiger partial charge is 0.0331 e. The Labute approximate surface area is 120 Å². The Bertz CT molecular complexity index is 438. The highest BCUT2D eigenvalue weighted by molar-refractivity contribution is 7.10. The van der Waals surface area contributed by atoms with E-state index >= 15 is 0 Å². The molecular formula is C16H24N2S. The molecule has 1 N–H and O–H groups in total. The molecule has 1 saturated heterocycles. The third-order valence-electron chi connectivity index (χ3n) is 5.09. The van der Waals surface area contributed by atoms with Gasteiger partial charge in [0.05, 0.1) is 0 Å². The van der Waals surface area contributed by atoms with E-state index in [1.54, 1.807) is 10.4 Å². The Morgan fingerprint density at radius 1 is 1.26 bits per heavy atom. The molecule has 2 fully saturated rings. The minimum absolute atomic E-state index is 0.643. The van der Waals surface area contributed by atoms with Gasteiger partial charge in [-0.05, 0) is 74.5 Å². The van der Waals surface area contributed by atoms with Crippen molar-refractivity contribution in [1.82, 2.24) is 10.2 Å². The summed E-state index contributed by atoms with van der Waals surface area (Å²) in [5, 5.41) is 6.14. The highest BCUT2D eigenvalue weighted by atomic mass is 32.1. The summed E-state index contributed by atoms with van der Waals surface area (Å²) in [4.78, 5) is 4.36. The van der Waals surface area contributed by atoms with E-state index in [-0.39, 0.29) is 0 Å². The van der Waals surface area contributed by atoms with E-state index in [0.717, 1.165) is 12.0 Å². The van der Waals surface area contributed by atoms with Gasteiger partial charge in [0, 0.05) is 23.5 Å². The van der Waals surface area contributed by atoms with Crippen molar-refractivity contribution in [3.63, 3.8) is 0 Å². The maximum atomic E-state index is 3.87. The van der Waals surface area contributed by atoms with E-state index in [4.69, 9.17) is 0 Å². The first-order chi connectivity index (χ1) is 9.40. The van der Waals surface area contributed by atoms with E-state index in [1.807, 2.05) is 11.3 Å². The molecule has 104 valence electrons. The number of hydrogen-bond acceptors (Lipinski definition) is 3. The summed E-state index contributed by atoms with van der Waals surface area (Å²) in [6.45, 7) is 3.93. The fraction of sp³-hybridized carbons (Fsp3) is 0.750. The third kappa shape index (κ3) is 2.61. The number of fused-ring (bicyclic) bond motifs is 1. The first-order valence-corrected chi connectivity index (χ1v) is 8.82. The molecule has 4 rings (SSSR count). The van der Waals surface area contributed by atoms with Gasteiger partial charge in [0.25, 0.3) is 0 Å². The van der Waals surface area contributed by atoms with Crippen LogP contribution in [0.5, 0.6) is 0 Å². The summed E-state index contributed by atoms with van der Waals surface area (Å²) in [6.07, 6.45) is 8.34. The van der Waals surface area contributed by atoms with Crippen LogP contribution in [0.1, 0.15) is 48.6 Å². The van der Waals surface area contributed by atoms with Crippen LogP contribution < -0.4 is 5.32 Å². The second-order valence-electron chi connectivity index (χ2n) is 6.53. The molecule has 2 atom stereocenters. The van der Waals surface area contributed by atoms with Crippen molar-refractivity contribution in [2.45, 2.75) is 50.6 Å². The molecular weight excluding hydrogens is 252 g/mol. The lowest BCUT2D eigenvalue weighted by molar-refractivity contribution is 0.307. The number of rotatable bonds is 4. The summed E-state index contributed by atoms with van der Waals surface area (Å²) in [5.41, 5.74) is 1.60. The van der Waals surface area contributed by atoms with Gasteiger partial charge in [0.15, 0.2) is 0 Å². The molecule has 2 heterocycles. The van der Waals surface area contributed by atoms with Crippen molar-refractivity contribution >= 4 is 11.3 Å². The molecule has 2 unspecified atom stereocenters. The number of hydrogen-bond donors (Lipinski definition) is 1. The quantitative estimate of drug-likeness (QED) is 0.908. The lowest BCUT2D eigenvalue weighted by Crippen LogP contribution is -2.31. The average Bonchev–Trinajstić information content (AvgIpc) is 3.00. The largest absolute Gasteiger partial charge is 0.310 e. The van der Waals surface area contributed by atoms with Gasteiger partial charge in [-0.3, -0.25) is 0 Å². The monoisotopic (exact) mass is 276 g/mol. The van der Waals surface area contributed by atoms with Crippen molar-refractivity contribution < 1.29 is 0 Å². The molecule has 1 aromatic rings. The Hall–Kier alpha value is -0.380. The zero-order valence-electron chi connectivity index (χ0n) is 11.6. The molecule has 1 aliphatic heterocycles. The number of nitrogens with zero attached hydrogens (tertiary/aromatic N) is 1. The predicted octanol–water partition coefficient (Wildman–Crippen LogP) is 3.20. The number of nitrogens with one attached hydrogen (secondary N) is 1. The van der Waals surface area contributed by atoms with Crippen LogP contribution in [-0.4, -0.2) is 30.6 Å². The normalized spacial score (nSPS) is 31.6. The van der Waals surface area contributed by atoms with Gasteiger partial charge in [-0.1, -0.05) is 0 Å². The molecule has 3 heteroatoms. The van der Waals surface area contributed by atoms with Crippen molar-refractivity contribution in [2.75, 3.05) is 19.6 Å². The lowest BCUT2D eigenvalue weighted by Gasteiger charge is -2.25. The Balaban J connectivity index is 1.31. The van der Waals surface area contributed by atoms with Crippen LogP contribution in [0, 0.1) is 5.92 Å². The zero-order chi connectivity index (χ0) is 12.7. The summed E-state index contributed by atoms with van der Waals surface area (Å²) >= 11 is 1.95. The minimum Gasteiger partial charge on any atom is -0.310 e. The van der Waals surface area contributed by atoms with Gasteiger partial charge in [0.2, 0.25) is 0 Å². The van der Waals surface area contributed by atoms with E-state index < -0.39 is 0 Å². The molecule has 0 aromatic carbocycles. The van der Waals surface area contributed by atoms with Crippen LogP contribution in [0.25, 0.3) is 0 Å². The summed E-state index contributed by atoms with van der Waals surface area (Å²) in [6, 6.07) is 3.95. The van der Waals surface area contributed by atoms with Crippen molar-refractivity contribution in [1.29, 1.82) is 0 Å². The molecule has 19 heavy (non-hydrogen) atoms. The molecule has 3 aliphatic rings. The Morgan fingerprint density at radius 3 is 3.11 bits per heavy atom. The standard InChI is InChI=1S/C16H24N2S/c1-2-15(14-7-9-19-16(14)3-1)17-10-12-6-8-18(11-12)13-4-5-13/h7,9,12-13,15,17H,1-6,8,10-11H2. The predicted molar refractivity (Wildman–Crippen MR) is 80.7 cm³/mol. The maximum absolute atomic E-state index is 3.87. The maximum Gasteiger partial charge on any atom is 0.0331 e. The molecule has 2 aliphatic carbocycles. The first kappa shape index (κ1) is 12.4. The van der Waals surface area contributed by atoms with Crippen LogP contribution in [0.3, 0.4) is 0 Å². The minimum atomic E-state index is 0.643. The van der Waals surface area contributed by atoms with Gasteiger partial charge in [-0.2, -0.15) is 0 Å². The van der Waals surface area contributed by atoms with Gasteiger partial charge < -0.3 is 10.2 Å². The van der Waals surface area contributed by atoms with Crippen LogP contribution in [-0.2, 0) is 6.42 Å². The third-order valence-corrected chi connectivity index (χ3v) is 6.08. The molecule has 0 amide bonds. The number of aryl methyl sites for hydroxylation is 1. The first-order valence-electron chi connectivity index (χ1n) is 7.94. The molecule has 2 nitrogen and oxygen atoms in total. The fourth-order valence-electron chi connectivity index (χ4n) is 3.81. The topological polar surface area (TPSA) is 15.3 Å². The molecule has 0 bridgehead atoms. The molecule has 0 radical (unpaired) electrons. The van der Waals surface area contributed by atoms with Crippen LogP contribution >= 0.6 is 11.3 Å². The number of likely N-dealkylation sites (tertiary alicyclic amines) is 1. The van der Waals surface area contributed by atoms with Crippen LogP contribution in [0.15, 0.2) is 11.4 Å². The van der Waals surface area contributed by atoms with Gasteiger partial charge in [-0.25, -0.2) is 0 Å². The van der Waals surface area contributed by atoms with Crippen LogP contribution in [0.4, 0.5) is 0 Å². The van der Waals surface area contributed by atoms with Crippen molar-refractivity contribution in [3.05, 3.63) is 21.9 Å². The summed E-state index contributed by atoms with van der Waals surface area (Å²) in [7, 11) is 0.